The number of nitrogens with one attached hydrogen (secondary N) is 2. The molecule has 1 atom stereocenters. The zero-order valence-corrected chi connectivity index (χ0v) is 15.5. The first kappa shape index (κ1) is 18.9. The van der Waals surface area contributed by atoms with Gasteiger partial charge in [-0.15, -0.1) is 10.2 Å². The van der Waals surface area contributed by atoms with Crippen molar-refractivity contribution in [2.75, 3.05) is 0 Å². The average molecular weight is 345 g/mol. The molecule has 1 aromatic carbocycles. The predicted molar refractivity (Wildman–Crippen MR) is 95.8 cm³/mol. The van der Waals surface area contributed by atoms with Gasteiger partial charge in [-0.25, -0.2) is 4.79 Å². The Kier molecular flexibility index (Phi) is 6.14. The first-order valence-electron chi connectivity index (χ1n) is 8.34. The van der Waals surface area contributed by atoms with Gasteiger partial charge in [0.05, 0.1) is 18.2 Å². The second-order valence-corrected chi connectivity index (χ2v) is 7.07. The SMILES string of the molecule is CC(NC(=O)NCc1cccc(COC(C)(C)C)c1)c1nncn1C. The second-order valence-electron chi connectivity index (χ2n) is 7.07. The van der Waals surface area contributed by atoms with Gasteiger partial charge < -0.3 is 19.9 Å². The number of aromatic nitrogens is 3. The number of carbonyl (C=O) groups excluding carboxylic acids is 1. The molecule has 136 valence electrons. The Morgan fingerprint density at radius 1 is 1.32 bits per heavy atom. The molecule has 0 fully saturated rings. The molecule has 25 heavy (non-hydrogen) atoms. The van der Waals surface area contributed by atoms with E-state index in [2.05, 4.69) is 20.8 Å². The van der Waals surface area contributed by atoms with E-state index in [1.165, 1.54) is 0 Å². The lowest BCUT2D eigenvalue weighted by Crippen LogP contribution is -2.37. The minimum atomic E-state index is -0.244. The molecule has 1 heterocycles. The molecule has 7 nitrogen and oxygen atoms in total. The Balaban J connectivity index is 1.84. The maximum atomic E-state index is 12.1. The molecule has 0 spiro atoms. The van der Waals surface area contributed by atoms with E-state index in [-0.39, 0.29) is 17.7 Å². The van der Waals surface area contributed by atoms with Gasteiger partial charge in [0.15, 0.2) is 5.82 Å². The Morgan fingerprint density at radius 3 is 2.68 bits per heavy atom. The van der Waals surface area contributed by atoms with Crippen LogP contribution in [0.3, 0.4) is 0 Å². The van der Waals surface area contributed by atoms with Crippen LogP contribution in [0.5, 0.6) is 0 Å². The van der Waals surface area contributed by atoms with E-state index >= 15 is 0 Å². The molecule has 0 aliphatic carbocycles. The number of benzene rings is 1. The number of nitrogens with zero attached hydrogens (tertiary/aromatic N) is 3. The molecular weight excluding hydrogens is 318 g/mol. The van der Waals surface area contributed by atoms with Crippen molar-refractivity contribution in [1.82, 2.24) is 25.4 Å². The molecule has 1 aromatic heterocycles. The molecule has 2 rings (SSSR count). The zero-order chi connectivity index (χ0) is 18.4. The quantitative estimate of drug-likeness (QED) is 0.843. The van der Waals surface area contributed by atoms with Crippen LogP contribution in [0, 0.1) is 0 Å². The minimum Gasteiger partial charge on any atom is -0.371 e. The van der Waals surface area contributed by atoms with Crippen LogP contribution >= 0.6 is 0 Å². The first-order chi connectivity index (χ1) is 11.7. The minimum absolute atomic E-state index is 0.176. The van der Waals surface area contributed by atoms with Gasteiger partial charge >= 0.3 is 6.03 Å². The summed E-state index contributed by atoms with van der Waals surface area (Å²) in [7, 11) is 1.84. The smallest absolute Gasteiger partial charge is 0.315 e. The highest BCUT2D eigenvalue weighted by Gasteiger charge is 2.14. The number of hydrogen-bond acceptors (Lipinski definition) is 4. The van der Waals surface area contributed by atoms with Crippen LogP contribution in [-0.2, 0) is 24.9 Å². The summed E-state index contributed by atoms with van der Waals surface area (Å²) in [5.74, 6) is 0.705. The number of hydrogen-bond donors (Lipinski definition) is 2. The van der Waals surface area contributed by atoms with E-state index in [4.69, 9.17) is 4.74 Å². The van der Waals surface area contributed by atoms with Crippen molar-refractivity contribution in [3.63, 3.8) is 0 Å². The third-order valence-corrected chi connectivity index (χ3v) is 3.60. The van der Waals surface area contributed by atoms with Crippen LogP contribution in [0.25, 0.3) is 0 Å². The van der Waals surface area contributed by atoms with Crippen LogP contribution in [0.15, 0.2) is 30.6 Å². The van der Waals surface area contributed by atoms with Crippen molar-refractivity contribution < 1.29 is 9.53 Å². The van der Waals surface area contributed by atoms with Gasteiger partial charge in [0.1, 0.15) is 6.33 Å². The molecule has 2 amide bonds. The highest BCUT2D eigenvalue weighted by Crippen LogP contribution is 2.13. The lowest BCUT2D eigenvalue weighted by Gasteiger charge is -2.19. The van der Waals surface area contributed by atoms with E-state index in [0.29, 0.717) is 19.0 Å². The molecule has 0 aliphatic rings. The zero-order valence-electron chi connectivity index (χ0n) is 15.5. The maximum Gasteiger partial charge on any atom is 0.315 e. The van der Waals surface area contributed by atoms with Crippen molar-refractivity contribution in [2.24, 2.45) is 7.05 Å². The molecule has 1 unspecified atom stereocenters. The Labute approximate surface area is 148 Å². The molecule has 2 N–H and O–H groups in total. The van der Waals surface area contributed by atoms with Crippen LogP contribution in [0.1, 0.15) is 50.7 Å². The normalized spacial score (nSPS) is 12.7. The highest BCUT2D eigenvalue weighted by molar-refractivity contribution is 5.74. The Morgan fingerprint density at radius 2 is 2.04 bits per heavy atom. The molecule has 0 saturated carbocycles. The summed E-state index contributed by atoms with van der Waals surface area (Å²) in [6, 6.07) is 7.54. The number of carbonyl (C=O) groups is 1. The van der Waals surface area contributed by atoms with Crippen molar-refractivity contribution in [3.05, 3.63) is 47.5 Å². The standard InChI is InChI=1S/C18H27N5O2/c1-13(16-22-20-12-23(16)5)21-17(24)19-10-14-7-6-8-15(9-14)11-25-18(2,3)4/h6-9,12-13H,10-11H2,1-5H3,(H2,19,21,24). The number of aryl methyl sites for hydroxylation is 1. The van der Waals surface area contributed by atoms with Crippen LogP contribution in [0.2, 0.25) is 0 Å². The van der Waals surface area contributed by atoms with Crippen molar-refractivity contribution in [1.29, 1.82) is 0 Å². The summed E-state index contributed by atoms with van der Waals surface area (Å²) < 4.78 is 7.57. The summed E-state index contributed by atoms with van der Waals surface area (Å²) in [6.07, 6.45) is 1.61. The van der Waals surface area contributed by atoms with Crippen molar-refractivity contribution in [3.8, 4) is 0 Å². The summed E-state index contributed by atoms with van der Waals surface area (Å²) in [4.78, 5) is 12.1. The molecule has 0 radical (unpaired) electrons. The van der Waals surface area contributed by atoms with Crippen molar-refractivity contribution in [2.45, 2.75) is 52.5 Å². The van der Waals surface area contributed by atoms with E-state index in [9.17, 15) is 4.79 Å². The maximum absolute atomic E-state index is 12.1. The van der Waals surface area contributed by atoms with Gasteiger partial charge in [-0.3, -0.25) is 0 Å². The molecule has 0 saturated heterocycles. The lowest BCUT2D eigenvalue weighted by atomic mass is 10.1. The summed E-state index contributed by atoms with van der Waals surface area (Å²) in [6.45, 7) is 8.95. The van der Waals surface area contributed by atoms with Gasteiger partial charge in [0.2, 0.25) is 0 Å². The molecule has 2 aromatic rings. The van der Waals surface area contributed by atoms with Gasteiger partial charge in [-0.05, 0) is 38.8 Å². The first-order valence-corrected chi connectivity index (χ1v) is 8.34. The third kappa shape index (κ3) is 6.19. The van der Waals surface area contributed by atoms with E-state index in [1.807, 2.05) is 59.0 Å². The fourth-order valence-electron chi connectivity index (χ4n) is 2.31. The van der Waals surface area contributed by atoms with Gasteiger partial charge in [0.25, 0.3) is 0 Å². The van der Waals surface area contributed by atoms with Crippen LogP contribution < -0.4 is 10.6 Å². The highest BCUT2D eigenvalue weighted by atomic mass is 16.5. The second kappa shape index (κ2) is 8.11. The Hall–Kier alpha value is -2.41. The Bertz CT molecular complexity index is 705. The fraction of sp³-hybridized carbons (Fsp3) is 0.500. The largest absolute Gasteiger partial charge is 0.371 e. The molecule has 7 heteroatoms. The molecule has 0 aliphatic heterocycles. The molecule has 0 bridgehead atoms. The van der Waals surface area contributed by atoms with E-state index in [0.717, 1.165) is 11.1 Å². The van der Waals surface area contributed by atoms with Gasteiger partial charge in [-0.1, -0.05) is 24.3 Å². The van der Waals surface area contributed by atoms with Gasteiger partial charge in [0, 0.05) is 13.6 Å². The number of rotatable bonds is 6. The van der Waals surface area contributed by atoms with Gasteiger partial charge in [-0.2, -0.15) is 0 Å². The lowest BCUT2D eigenvalue weighted by molar-refractivity contribution is -0.0149. The summed E-state index contributed by atoms with van der Waals surface area (Å²) in [5.41, 5.74) is 1.93. The van der Waals surface area contributed by atoms with Crippen molar-refractivity contribution >= 4 is 6.03 Å². The third-order valence-electron chi connectivity index (χ3n) is 3.60. The fourth-order valence-corrected chi connectivity index (χ4v) is 2.31. The summed E-state index contributed by atoms with van der Waals surface area (Å²) >= 11 is 0. The van der Waals surface area contributed by atoms with Crippen LogP contribution in [0.4, 0.5) is 4.79 Å². The average Bonchev–Trinajstić information content (AvgIpc) is 2.97. The van der Waals surface area contributed by atoms with E-state index in [1.54, 1.807) is 10.9 Å². The molecular formula is C18H27N5O2. The summed E-state index contributed by atoms with van der Waals surface area (Å²) in [5, 5.41) is 13.5. The number of amides is 2. The predicted octanol–water partition coefficient (Wildman–Crippen LogP) is 2.69. The topological polar surface area (TPSA) is 81.1 Å². The van der Waals surface area contributed by atoms with E-state index < -0.39 is 0 Å². The number of ether oxygens (including phenoxy) is 1. The van der Waals surface area contributed by atoms with Crippen LogP contribution in [-0.4, -0.2) is 26.4 Å². The number of urea groups is 1. The monoisotopic (exact) mass is 345 g/mol.